The van der Waals surface area contributed by atoms with Gasteiger partial charge in [0.05, 0.1) is 6.04 Å². The molecule has 33 heavy (non-hydrogen) atoms. The molecular formula is C27H35N3O3. The number of carbonyl (C=O) groups excluding carboxylic acids is 1. The first-order chi connectivity index (χ1) is 15.9. The number of fused-ring (bicyclic) bond motifs is 1. The number of nitrogens with zero attached hydrogens (tertiary/aromatic N) is 3. The summed E-state index contributed by atoms with van der Waals surface area (Å²) in [7, 11) is 0. The third-order valence-corrected chi connectivity index (χ3v) is 7.10. The minimum atomic E-state index is -0.926. The zero-order valence-corrected chi connectivity index (χ0v) is 20.0. The van der Waals surface area contributed by atoms with Crippen LogP contribution in [0.2, 0.25) is 0 Å². The van der Waals surface area contributed by atoms with Gasteiger partial charge in [0.1, 0.15) is 0 Å². The maximum Gasteiger partial charge on any atom is 0.407 e. The summed E-state index contributed by atoms with van der Waals surface area (Å²) in [4.78, 5) is 30.2. The summed E-state index contributed by atoms with van der Waals surface area (Å²) in [6.45, 7) is 9.17. The molecule has 0 saturated carbocycles. The van der Waals surface area contributed by atoms with Crippen LogP contribution in [-0.4, -0.2) is 52.6 Å². The molecule has 1 fully saturated rings. The lowest BCUT2D eigenvalue weighted by atomic mass is 9.88. The second-order valence-electron chi connectivity index (χ2n) is 9.37. The van der Waals surface area contributed by atoms with Crippen LogP contribution in [0.4, 0.5) is 10.5 Å². The summed E-state index contributed by atoms with van der Waals surface area (Å²) in [5.74, 6) is -0.0182. The number of carboxylic acid groups (broad SMARTS) is 1. The zero-order chi connectivity index (χ0) is 23.5. The van der Waals surface area contributed by atoms with Crippen LogP contribution >= 0.6 is 0 Å². The summed E-state index contributed by atoms with van der Waals surface area (Å²) < 4.78 is 0. The molecular weight excluding hydrogens is 414 g/mol. The first-order valence-corrected chi connectivity index (χ1v) is 12.1. The summed E-state index contributed by atoms with van der Waals surface area (Å²) in [6, 6.07) is 14.5. The lowest BCUT2D eigenvalue weighted by Gasteiger charge is -2.42. The number of anilines is 1. The quantitative estimate of drug-likeness (QED) is 0.652. The second-order valence-corrected chi connectivity index (χ2v) is 9.37. The van der Waals surface area contributed by atoms with Gasteiger partial charge in [-0.25, -0.2) is 4.79 Å². The molecule has 0 bridgehead atoms. The molecule has 0 spiro atoms. The van der Waals surface area contributed by atoms with Crippen molar-refractivity contribution in [3.63, 3.8) is 0 Å². The average Bonchev–Trinajstić information content (AvgIpc) is 2.80. The van der Waals surface area contributed by atoms with Gasteiger partial charge in [-0.3, -0.25) is 9.69 Å². The van der Waals surface area contributed by atoms with Crippen LogP contribution in [0, 0.1) is 0 Å². The topological polar surface area (TPSA) is 64.1 Å². The molecule has 2 aromatic rings. The van der Waals surface area contributed by atoms with E-state index in [9.17, 15) is 14.7 Å². The molecule has 2 heterocycles. The summed E-state index contributed by atoms with van der Waals surface area (Å²) >= 11 is 0. The monoisotopic (exact) mass is 449 g/mol. The van der Waals surface area contributed by atoms with Crippen LogP contribution in [-0.2, 0) is 11.3 Å². The van der Waals surface area contributed by atoms with Crippen molar-refractivity contribution < 1.29 is 14.7 Å². The van der Waals surface area contributed by atoms with E-state index in [2.05, 4.69) is 35.2 Å². The van der Waals surface area contributed by atoms with Gasteiger partial charge in [0.15, 0.2) is 0 Å². The van der Waals surface area contributed by atoms with Gasteiger partial charge in [-0.15, -0.1) is 0 Å². The lowest BCUT2D eigenvalue weighted by Crippen LogP contribution is -2.46. The Morgan fingerprint density at radius 1 is 1.03 bits per heavy atom. The zero-order valence-electron chi connectivity index (χ0n) is 20.0. The van der Waals surface area contributed by atoms with Crippen molar-refractivity contribution in [2.45, 2.75) is 65.1 Å². The van der Waals surface area contributed by atoms with Gasteiger partial charge in [-0.2, -0.15) is 0 Å². The predicted molar refractivity (Wildman–Crippen MR) is 131 cm³/mol. The maximum atomic E-state index is 12.4. The molecule has 0 aromatic heterocycles. The Bertz CT molecular complexity index is 998. The molecule has 2 amide bonds. The molecule has 0 aliphatic carbocycles. The molecule has 4 rings (SSSR count). The van der Waals surface area contributed by atoms with Crippen molar-refractivity contribution in [2.75, 3.05) is 24.5 Å². The number of piperidine rings is 1. The largest absolute Gasteiger partial charge is 0.465 e. The van der Waals surface area contributed by atoms with E-state index in [1.54, 1.807) is 11.8 Å². The van der Waals surface area contributed by atoms with Crippen LogP contribution in [0.15, 0.2) is 42.5 Å². The van der Waals surface area contributed by atoms with E-state index >= 15 is 0 Å². The van der Waals surface area contributed by atoms with Gasteiger partial charge in [0, 0.05) is 31.7 Å². The Morgan fingerprint density at radius 2 is 1.70 bits per heavy atom. The molecule has 2 aromatic carbocycles. The van der Waals surface area contributed by atoms with Gasteiger partial charge < -0.3 is 14.9 Å². The van der Waals surface area contributed by atoms with E-state index in [0.717, 1.165) is 28.9 Å². The van der Waals surface area contributed by atoms with Crippen LogP contribution in [0.5, 0.6) is 0 Å². The highest BCUT2D eigenvalue weighted by molar-refractivity contribution is 5.94. The molecule has 2 aliphatic heterocycles. The predicted octanol–water partition coefficient (Wildman–Crippen LogP) is 5.53. The van der Waals surface area contributed by atoms with Crippen LogP contribution in [0.3, 0.4) is 0 Å². The number of rotatable bonds is 5. The van der Waals surface area contributed by atoms with E-state index in [0.29, 0.717) is 13.0 Å². The second kappa shape index (κ2) is 9.96. The van der Waals surface area contributed by atoms with E-state index in [4.69, 9.17) is 0 Å². The Hall–Kier alpha value is -2.86. The first-order valence-electron chi connectivity index (χ1n) is 12.1. The Balaban J connectivity index is 1.65. The minimum Gasteiger partial charge on any atom is -0.465 e. The van der Waals surface area contributed by atoms with Crippen LogP contribution in [0.1, 0.15) is 63.6 Å². The summed E-state index contributed by atoms with van der Waals surface area (Å²) in [6.07, 6.45) is 3.58. The highest BCUT2D eigenvalue weighted by Gasteiger charge is 2.36. The molecule has 6 nitrogen and oxygen atoms in total. The van der Waals surface area contributed by atoms with Crippen molar-refractivity contribution in [2.24, 2.45) is 0 Å². The fraction of sp³-hybridized carbons (Fsp3) is 0.481. The minimum absolute atomic E-state index is 0.0182. The fourth-order valence-corrected chi connectivity index (χ4v) is 5.46. The van der Waals surface area contributed by atoms with Crippen molar-refractivity contribution in [1.82, 2.24) is 9.80 Å². The normalized spacial score (nSPS) is 20.9. The highest BCUT2D eigenvalue weighted by Crippen LogP contribution is 2.42. The standard InChI is InChI=1S/C27H35N3O3/c1-4-29(27(32)33)26-16-19(2)30(20(3)31)25-13-12-23(17-24(25)26)22-10-8-21(9-11-22)18-28-14-6-5-7-15-28/h8-13,17,19,26H,4-7,14-16,18H2,1-3H3,(H,32,33)/t19-,26+/m0/s1. The number of likely N-dealkylation sites (tertiary alicyclic amines) is 1. The number of carbonyl (C=O) groups is 2. The third-order valence-electron chi connectivity index (χ3n) is 7.10. The van der Waals surface area contributed by atoms with E-state index < -0.39 is 6.09 Å². The smallest absolute Gasteiger partial charge is 0.407 e. The molecule has 6 heteroatoms. The highest BCUT2D eigenvalue weighted by atomic mass is 16.4. The number of hydrogen-bond acceptors (Lipinski definition) is 3. The van der Waals surface area contributed by atoms with Gasteiger partial charge in [0.25, 0.3) is 0 Å². The van der Waals surface area contributed by atoms with Gasteiger partial charge in [-0.05, 0) is 80.6 Å². The third kappa shape index (κ3) is 4.91. The van der Waals surface area contributed by atoms with Crippen molar-refractivity contribution in [3.05, 3.63) is 53.6 Å². The number of benzene rings is 2. The van der Waals surface area contributed by atoms with Crippen molar-refractivity contribution >= 4 is 17.7 Å². The van der Waals surface area contributed by atoms with Gasteiger partial charge in [-0.1, -0.05) is 36.8 Å². The van der Waals surface area contributed by atoms with Crippen LogP contribution < -0.4 is 4.90 Å². The maximum absolute atomic E-state index is 12.4. The molecule has 0 unspecified atom stereocenters. The first kappa shape index (κ1) is 23.3. The Morgan fingerprint density at radius 3 is 2.30 bits per heavy atom. The molecule has 0 radical (unpaired) electrons. The SMILES string of the molecule is CCN(C(=O)O)[C@@H]1C[C@H](C)N(C(C)=O)c2ccc(-c3ccc(CN4CCCCC4)cc3)cc21. The Kier molecular flexibility index (Phi) is 7.03. The average molecular weight is 450 g/mol. The molecule has 2 aliphatic rings. The molecule has 176 valence electrons. The van der Waals surface area contributed by atoms with E-state index in [1.165, 1.54) is 42.8 Å². The number of amides is 2. The van der Waals surface area contributed by atoms with Gasteiger partial charge >= 0.3 is 6.09 Å². The van der Waals surface area contributed by atoms with Gasteiger partial charge in [0.2, 0.25) is 5.91 Å². The van der Waals surface area contributed by atoms with Crippen molar-refractivity contribution in [1.29, 1.82) is 0 Å². The van der Waals surface area contributed by atoms with E-state index in [-0.39, 0.29) is 18.0 Å². The van der Waals surface area contributed by atoms with E-state index in [1.807, 2.05) is 26.0 Å². The molecule has 2 atom stereocenters. The van der Waals surface area contributed by atoms with Crippen LogP contribution in [0.25, 0.3) is 11.1 Å². The summed E-state index contributed by atoms with van der Waals surface area (Å²) in [5.41, 5.74) is 5.18. The summed E-state index contributed by atoms with van der Waals surface area (Å²) in [5, 5.41) is 9.81. The van der Waals surface area contributed by atoms with Crippen molar-refractivity contribution in [3.8, 4) is 11.1 Å². The number of hydrogen-bond donors (Lipinski definition) is 1. The lowest BCUT2D eigenvalue weighted by molar-refractivity contribution is -0.117. The molecule has 1 N–H and O–H groups in total. The molecule has 1 saturated heterocycles. The Labute approximate surface area is 196 Å². The fourth-order valence-electron chi connectivity index (χ4n) is 5.46.